The van der Waals surface area contributed by atoms with Gasteiger partial charge in [0.05, 0.1) is 6.10 Å². The molecule has 2 aliphatic rings. The number of hydrogen-bond donors (Lipinski definition) is 1. The van der Waals surface area contributed by atoms with Crippen LogP contribution in [0, 0.1) is 0 Å². The van der Waals surface area contributed by atoms with Gasteiger partial charge in [0.25, 0.3) is 0 Å². The second kappa shape index (κ2) is 9.35. The van der Waals surface area contributed by atoms with Crippen molar-refractivity contribution in [3.8, 4) is 0 Å². The summed E-state index contributed by atoms with van der Waals surface area (Å²) in [5.41, 5.74) is 6.13. The molecule has 0 aliphatic carbocycles. The van der Waals surface area contributed by atoms with Crippen molar-refractivity contribution in [2.75, 3.05) is 26.5 Å². The SMILES string of the molecule is CC(C)OC(=O)OC(C)OC(=O)C1=C(COC(=O)N(C)C)CS[C@@H]2[C@H](N)C(=O)N12. The Morgan fingerprint density at radius 1 is 1.21 bits per heavy atom. The molecule has 1 fully saturated rings. The summed E-state index contributed by atoms with van der Waals surface area (Å²) in [6.07, 6.45) is -3.25. The molecule has 2 rings (SSSR count). The Bertz CT molecular complexity index is 723. The van der Waals surface area contributed by atoms with E-state index in [1.807, 2.05) is 0 Å². The van der Waals surface area contributed by atoms with Crippen molar-refractivity contribution in [3.63, 3.8) is 0 Å². The molecule has 11 nitrogen and oxygen atoms in total. The Labute approximate surface area is 172 Å². The van der Waals surface area contributed by atoms with Crippen molar-refractivity contribution in [1.82, 2.24) is 9.80 Å². The molecule has 162 valence electrons. The molecule has 1 unspecified atom stereocenters. The number of thioether (sulfide) groups is 1. The van der Waals surface area contributed by atoms with Crippen molar-refractivity contribution >= 4 is 35.9 Å². The molecular formula is C17H25N3O8S. The number of fused-ring (bicyclic) bond motifs is 1. The van der Waals surface area contributed by atoms with Gasteiger partial charge < -0.3 is 29.6 Å². The molecule has 0 radical (unpaired) electrons. The van der Waals surface area contributed by atoms with E-state index in [9.17, 15) is 19.2 Å². The van der Waals surface area contributed by atoms with Crippen LogP contribution in [-0.4, -0.2) is 84.2 Å². The maximum absolute atomic E-state index is 12.7. The van der Waals surface area contributed by atoms with Gasteiger partial charge in [0, 0.05) is 32.3 Å². The van der Waals surface area contributed by atoms with Gasteiger partial charge in [-0.2, -0.15) is 0 Å². The van der Waals surface area contributed by atoms with E-state index in [0.717, 1.165) is 0 Å². The molecule has 2 heterocycles. The third-order valence-electron chi connectivity index (χ3n) is 3.88. The van der Waals surface area contributed by atoms with Gasteiger partial charge >= 0.3 is 18.2 Å². The molecule has 1 saturated heterocycles. The molecule has 12 heteroatoms. The quantitative estimate of drug-likeness (QED) is 0.276. The molecule has 2 N–H and O–H groups in total. The molecule has 0 bridgehead atoms. The standard InChI is InChI=1S/C17H25N3O8S/c1-8(2)26-17(24)28-9(3)27-15(22)12-10(6-25-16(23)19(4)5)7-29-14-11(18)13(21)20(12)14/h8-9,11,14H,6-7,18H2,1-5H3/t9?,11-,14-/m1/s1. The van der Waals surface area contributed by atoms with Crippen LogP contribution in [0.3, 0.4) is 0 Å². The maximum Gasteiger partial charge on any atom is 0.511 e. The van der Waals surface area contributed by atoms with E-state index >= 15 is 0 Å². The summed E-state index contributed by atoms with van der Waals surface area (Å²) >= 11 is 1.35. The highest BCUT2D eigenvalue weighted by Gasteiger charge is 2.52. The van der Waals surface area contributed by atoms with Crippen LogP contribution in [0.1, 0.15) is 20.8 Å². The zero-order chi connectivity index (χ0) is 21.9. The molecule has 3 atom stereocenters. The fraction of sp³-hybridized carbons (Fsp3) is 0.647. The lowest BCUT2D eigenvalue weighted by molar-refractivity contribution is -0.169. The van der Waals surface area contributed by atoms with Gasteiger partial charge in [-0.15, -0.1) is 11.8 Å². The Kier molecular flexibility index (Phi) is 7.36. The molecule has 0 saturated carbocycles. The molecule has 0 aromatic heterocycles. The minimum absolute atomic E-state index is 0.0558. The summed E-state index contributed by atoms with van der Waals surface area (Å²) < 4.78 is 20.0. The van der Waals surface area contributed by atoms with E-state index < -0.39 is 47.9 Å². The van der Waals surface area contributed by atoms with Gasteiger partial charge in [0.2, 0.25) is 12.2 Å². The number of ether oxygens (including phenoxy) is 4. The van der Waals surface area contributed by atoms with Crippen LogP contribution in [0.15, 0.2) is 11.3 Å². The minimum atomic E-state index is -1.26. The van der Waals surface area contributed by atoms with Crippen LogP contribution >= 0.6 is 11.8 Å². The lowest BCUT2D eigenvalue weighted by Gasteiger charge is -2.48. The van der Waals surface area contributed by atoms with Crippen molar-refractivity contribution in [2.45, 2.75) is 44.6 Å². The van der Waals surface area contributed by atoms with Crippen molar-refractivity contribution in [2.24, 2.45) is 5.73 Å². The summed E-state index contributed by atoms with van der Waals surface area (Å²) in [4.78, 5) is 50.7. The minimum Gasteiger partial charge on any atom is -0.445 e. The van der Waals surface area contributed by atoms with Gasteiger partial charge in [0.1, 0.15) is 23.7 Å². The van der Waals surface area contributed by atoms with Crippen LogP contribution < -0.4 is 5.73 Å². The largest absolute Gasteiger partial charge is 0.511 e. The number of nitrogens with two attached hydrogens (primary N) is 1. The third-order valence-corrected chi connectivity index (χ3v) is 5.24. The number of hydrogen-bond acceptors (Lipinski definition) is 10. The summed E-state index contributed by atoms with van der Waals surface area (Å²) in [6.45, 7) is 4.42. The summed E-state index contributed by atoms with van der Waals surface area (Å²) in [5, 5.41) is -0.416. The van der Waals surface area contributed by atoms with Crippen LogP contribution in [0.2, 0.25) is 0 Å². The fourth-order valence-electron chi connectivity index (χ4n) is 2.54. The summed E-state index contributed by atoms with van der Waals surface area (Å²) in [7, 11) is 3.04. The lowest BCUT2D eigenvalue weighted by Crippen LogP contribution is -2.68. The highest BCUT2D eigenvalue weighted by atomic mass is 32.2. The first kappa shape index (κ1) is 22.8. The number of amides is 2. The van der Waals surface area contributed by atoms with E-state index in [1.54, 1.807) is 13.8 Å². The molecule has 0 aromatic carbocycles. The summed E-state index contributed by atoms with van der Waals surface area (Å²) in [6, 6.07) is -0.733. The van der Waals surface area contributed by atoms with E-state index in [2.05, 4.69) is 0 Å². The van der Waals surface area contributed by atoms with E-state index in [0.29, 0.717) is 11.3 Å². The second-order valence-corrected chi connectivity index (χ2v) is 7.95. The number of carbonyl (C=O) groups excluding carboxylic acids is 4. The van der Waals surface area contributed by atoms with Crippen LogP contribution in [0.5, 0.6) is 0 Å². The zero-order valence-corrected chi connectivity index (χ0v) is 17.7. The normalized spacial score (nSPS) is 21.8. The van der Waals surface area contributed by atoms with Gasteiger partial charge in [-0.25, -0.2) is 14.4 Å². The number of esters is 1. The summed E-state index contributed by atoms with van der Waals surface area (Å²) in [5.74, 6) is -1.02. The predicted molar refractivity (Wildman–Crippen MR) is 101 cm³/mol. The average molecular weight is 431 g/mol. The first-order valence-corrected chi connectivity index (χ1v) is 9.92. The van der Waals surface area contributed by atoms with Crippen molar-refractivity contribution in [3.05, 3.63) is 11.3 Å². The maximum atomic E-state index is 12.7. The van der Waals surface area contributed by atoms with Gasteiger partial charge in [-0.3, -0.25) is 9.69 Å². The number of β-lactam (4-membered cyclic amide) rings is 1. The van der Waals surface area contributed by atoms with Crippen LogP contribution in [0.25, 0.3) is 0 Å². The third kappa shape index (κ3) is 5.32. The Morgan fingerprint density at radius 2 is 1.86 bits per heavy atom. The van der Waals surface area contributed by atoms with E-state index in [4.69, 9.17) is 24.7 Å². The predicted octanol–water partition coefficient (Wildman–Crippen LogP) is 0.632. The monoisotopic (exact) mass is 431 g/mol. The molecule has 2 amide bonds. The number of nitrogens with zero attached hydrogens (tertiary/aromatic N) is 2. The zero-order valence-electron chi connectivity index (χ0n) is 16.9. The Morgan fingerprint density at radius 3 is 2.45 bits per heavy atom. The molecule has 29 heavy (non-hydrogen) atoms. The molecule has 0 aromatic rings. The average Bonchev–Trinajstić information content (AvgIpc) is 2.63. The second-order valence-electron chi connectivity index (χ2n) is 6.84. The number of rotatable bonds is 6. The lowest BCUT2D eigenvalue weighted by atomic mass is 10.0. The van der Waals surface area contributed by atoms with Crippen molar-refractivity contribution in [1.29, 1.82) is 0 Å². The van der Waals surface area contributed by atoms with E-state index in [-0.39, 0.29) is 12.3 Å². The highest BCUT2D eigenvalue weighted by Crippen LogP contribution is 2.40. The first-order valence-electron chi connectivity index (χ1n) is 8.87. The van der Waals surface area contributed by atoms with E-state index in [1.165, 1.54) is 42.6 Å². The first-order chi connectivity index (χ1) is 13.5. The van der Waals surface area contributed by atoms with Gasteiger partial charge in [-0.05, 0) is 13.8 Å². The van der Waals surface area contributed by atoms with Gasteiger partial charge in [0.15, 0.2) is 0 Å². The topological polar surface area (TPSA) is 138 Å². The molecule has 2 aliphatic heterocycles. The van der Waals surface area contributed by atoms with Gasteiger partial charge in [-0.1, -0.05) is 0 Å². The highest BCUT2D eigenvalue weighted by molar-refractivity contribution is 8.00. The smallest absolute Gasteiger partial charge is 0.445 e. The van der Waals surface area contributed by atoms with Crippen molar-refractivity contribution < 1.29 is 38.1 Å². The van der Waals surface area contributed by atoms with Crippen LogP contribution in [-0.2, 0) is 28.5 Å². The van der Waals surface area contributed by atoms with Crippen LogP contribution in [0.4, 0.5) is 9.59 Å². The molecule has 0 spiro atoms. The Hall–Kier alpha value is -2.47. The Balaban J connectivity index is 2.14. The fourth-order valence-corrected chi connectivity index (χ4v) is 3.82. The number of carbonyl (C=O) groups is 4. The molecular weight excluding hydrogens is 406 g/mol.